The lowest BCUT2D eigenvalue weighted by molar-refractivity contribution is -0.157. The Morgan fingerprint density at radius 1 is 1.32 bits per heavy atom. The number of carbonyl (C=O) groups excluding carboxylic acids is 1. The molecule has 3 nitrogen and oxygen atoms in total. The smallest absolute Gasteiger partial charge is 0.429 e. The highest BCUT2D eigenvalue weighted by Gasteiger charge is 2.39. The number of aromatic nitrogens is 1. The highest BCUT2D eigenvalue weighted by molar-refractivity contribution is 14.1. The van der Waals surface area contributed by atoms with E-state index in [2.05, 4.69) is 9.40 Å². The molecule has 0 saturated heterocycles. The number of aryl methyl sites for hydroxylation is 1. The Hall–Kier alpha value is -1.38. The fourth-order valence-electron chi connectivity index (χ4n) is 1.50. The number of hydrogen-bond acceptors (Lipinski definition) is 3. The van der Waals surface area contributed by atoms with Crippen LogP contribution in [0.3, 0.4) is 0 Å². The van der Waals surface area contributed by atoms with E-state index in [0.29, 0.717) is 3.57 Å². The van der Waals surface area contributed by atoms with Gasteiger partial charge in [0.25, 0.3) is 0 Å². The zero-order valence-corrected chi connectivity index (χ0v) is 11.7. The van der Waals surface area contributed by atoms with E-state index in [-0.39, 0.29) is 17.0 Å². The van der Waals surface area contributed by atoms with Gasteiger partial charge in [-0.3, -0.25) is 4.79 Å². The van der Waals surface area contributed by atoms with Crippen LogP contribution in [0.2, 0.25) is 0 Å². The van der Waals surface area contributed by atoms with Crippen molar-refractivity contribution in [2.45, 2.75) is 13.1 Å². The minimum atomic E-state index is -4.70. The first-order valence-electron chi connectivity index (χ1n) is 5.14. The highest BCUT2D eigenvalue weighted by Crippen LogP contribution is 2.30. The van der Waals surface area contributed by atoms with E-state index in [4.69, 9.17) is 0 Å². The zero-order valence-electron chi connectivity index (χ0n) is 9.58. The molecule has 0 fully saturated rings. The van der Waals surface area contributed by atoms with E-state index in [9.17, 15) is 18.0 Å². The number of oxazole rings is 1. The molecule has 1 heterocycles. The first-order chi connectivity index (χ1) is 8.80. The second kappa shape index (κ2) is 4.95. The number of alkyl halides is 3. The van der Waals surface area contributed by atoms with Crippen LogP contribution >= 0.6 is 22.6 Å². The Morgan fingerprint density at radius 3 is 2.47 bits per heavy atom. The van der Waals surface area contributed by atoms with Gasteiger partial charge in [-0.2, -0.15) is 13.2 Å². The van der Waals surface area contributed by atoms with Crippen molar-refractivity contribution >= 4 is 28.4 Å². The molecule has 0 aliphatic rings. The molecule has 0 atom stereocenters. The standard InChI is InChI=1S/C12H7F3INO2/c1-6-10(19-11(17-6)12(13,14)15)9(18)7-4-2-3-5-8(7)16/h2-5H,1H3. The average Bonchev–Trinajstić information content (AvgIpc) is 2.71. The van der Waals surface area contributed by atoms with E-state index < -0.39 is 17.9 Å². The maximum absolute atomic E-state index is 12.5. The molecular formula is C12H7F3INO2. The Balaban J connectivity index is 2.46. The van der Waals surface area contributed by atoms with Crippen LogP contribution in [0.4, 0.5) is 13.2 Å². The molecule has 0 saturated carbocycles. The predicted molar refractivity (Wildman–Crippen MR) is 68.8 cm³/mol. The average molecular weight is 381 g/mol. The summed E-state index contributed by atoms with van der Waals surface area (Å²) in [6, 6.07) is 6.57. The van der Waals surface area contributed by atoms with Crippen molar-refractivity contribution in [3.8, 4) is 0 Å². The van der Waals surface area contributed by atoms with Crippen molar-refractivity contribution in [3.05, 3.63) is 50.7 Å². The van der Waals surface area contributed by atoms with Crippen LogP contribution in [0, 0.1) is 10.5 Å². The van der Waals surface area contributed by atoms with Crippen molar-refractivity contribution in [1.82, 2.24) is 4.98 Å². The fraction of sp³-hybridized carbons (Fsp3) is 0.167. The van der Waals surface area contributed by atoms with Crippen molar-refractivity contribution in [2.24, 2.45) is 0 Å². The van der Waals surface area contributed by atoms with Crippen LogP contribution in [0.1, 0.15) is 27.7 Å². The van der Waals surface area contributed by atoms with Crippen LogP contribution in [-0.2, 0) is 6.18 Å². The minimum Gasteiger partial charge on any atom is -0.429 e. The minimum absolute atomic E-state index is 0.0722. The van der Waals surface area contributed by atoms with Crippen molar-refractivity contribution in [1.29, 1.82) is 0 Å². The van der Waals surface area contributed by atoms with Gasteiger partial charge in [-0.1, -0.05) is 12.1 Å². The summed E-state index contributed by atoms with van der Waals surface area (Å²) in [4.78, 5) is 15.4. The van der Waals surface area contributed by atoms with Gasteiger partial charge in [0, 0.05) is 9.13 Å². The number of carbonyl (C=O) groups is 1. The summed E-state index contributed by atoms with van der Waals surface area (Å²) in [5, 5.41) is 0. The Labute approximate surface area is 120 Å². The summed E-state index contributed by atoms with van der Waals surface area (Å²) >= 11 is 1.93. The van der Waals surface area contributed by atoms with E-state index >= 15 is 0 Å². The normalized spacial score (nSPS) is 11.6. The second-order valence-electron chi connectivity index (χ2n) is 3.74. The van der Waals surface area contributed by atoms with Crippen molar-refractivity contribution < 1.29 is 22.4 Å². The highest BCUT2D eigenvalue weighted by atomic mass is 127. The maximum atomic E-state index is 12.5. The van der Waals surface area contributed by atoms with Crippen molar-refractivity contribution in [3.63, 3.8) is 0 Å². The van der Waals surface area contributed by atoms with Crippen LogP contribution in [-0.4, -0.2) is 10.8 Å². The molecule has 2 aromatic rings. The van der Waals surface area contributed by atoms with Gasteiger partial charge >= 0.3 is 12.1 Å². The SMILES string of the molecule is Cc1nc(C(F)(F)F)oc1C(=O)c1ccccc1I. The molecule has 0 radical (unpaired) electrons. The molecule has 2 rings (SSSR count). The van der Waals surface area contributed by atoms with Gasteiger partial charge in [0.15, 0.2) is 5.76 Å². The van der Waals surface area contributed by atoms with Gasteiger partial charge in [0.1, 0.15) is 0 Å². The van der Waals surface area contributed by atoms with Crippen molar-refractivity contribution in [2.75, 3.05) is 0 Å². The van der Waals surface area contributed by atoms with Gasteiger partial charge in [-0.15, -0.1) is 0 Å². The Morgan fingerprint density at radius 2 is 1.95 bits per heavy atom. The monoisotopic (exact) mass is 381 g/mol. The Kier molecular flexibility index (Phi) is 3.66. The molecule has 0 spiro atoms. The fourth-order valence-corrected chi connectivity index (χ4v) is 2.13. The van der Waals surface area contributed by atoms with Gasteiger partial charge in [0.05, 0.1) is 5.69 Å². The summed E-state index contributed by atoms with van der Waals surface area (Å²) in [5.74, 6) is -2.39. The quantitative estimate of drug-likeness (QED) is 0.587. The summed E-state index contributed by atoms with van der Waals surface area (Å²) in [7, 11) is 0. The molecule has 0 N–H and O–H groups in total. The third kappa shape index (κ3) is 2.80. The lowest BCUT2D eigenvalue weighted by Gasteiger charge is -2.01. The summed E-state index contributed by atoms with van der Waals surface area (Å²) in [6.07, 6.45) is -4.70. The summed E-state index contributed by atoms with van der Waals surface area (Å²) < 4.78 is 42.6. The van der Waals surface area contributed by atoms with Crippen LogP contribution in [0.5, 0.6) is 0 Å². The van der Waals surface area contributed by atoms with Crippen LogP contribution < -0.4 is 0 Å². The Bertz CT molecular complexity index is 634. The number of rotatable bonds is 2. The summed E-state index contributed by atoms with van der Waals surface area (Å²) in [5.41, 5.74) is 0.216. The number of benzene rings is 1. The predicted octanol–water partition coefficient (Wildman–Crippen LogP) is 3.84. The topological polar surface area (TPSA) is 43.1 Å². The third-order valence-corrected chi connectivity index (χ3v) is 3.30. The number of nitrogens with zero attached hydrogens (tertiary/aromatic N) is 1. The first-order valence-corrected chi connectivity index (χ1v) is 6.22. The molecular weight excluding hydrogens is 374 g/mol. The van der Waals surface area contributed by atoms with E-state index in [1.165, 1.54) is 13.0 Å². The molecule has 1 aromatic heterocycles. The van der Waals surface area contributed by atoms with Gasteiger partial charge in [-0.25, -0.2) is 4.98 Å². The summed E-state index contributed by atoms with van der Waals surface area (Å²) in [6.45, 7) is 1.31. The zero-order chi connectivity index (χ0) is 14.2. The first kappa shape index (κ1) is 14.0. The van der Waals surface area contributed by atoms with Gasteiger partial charge in [-0.05, 0) is 41.6 Å². The molecule has 1 aromatic carbocycles. The van der Waals surface area contributed by atoms with Crippen LogP contribution in [0.25, 0.3) is 0 Å². The number of ketones is 1. The number of halogens is 4. The largest absolute Gasteiger partial charge is 0.468 e. The molecule has 0 aliphatic carbocycles. The van der Waals surface area contributed by atoms with Gasteiger partial charge in [0.2, 0.25) is 5.78 Å². The molecule has 19 heavy (non-hydrogen) atoms. The second-order valence-corrected chi connectivity index (χ2v) is 4.90. The molecule has 0 unspecified atom stereocenters. The molecule has 0 bridgehead atoms. The van der Waals surface area contributed by atoms with E-state index in [0.717, 1.165) is 0 Å². The molecule has 0 amide bonds. The molecule has 7 heteroatoms. The lowest BCUT2D eigenvalue weighted by atomic mass is 10.1. The molecule has 100 valence electrons. The van der Waals surface area contributed by atoms with E-state index in [1.54, 1.807) is 18.2 Å². The molecule has 0 aliphatic heterocycles. The van der Waals surface area contributed by atoms with Gasteiger partial charge < -0.3 is 4.42 Å². The maximum Gasteiger partial charge on any atom is 0.468 e. The van der Waals surface area contributed by atoms with E-state index in [1.807, 2.05) is 22.6 Å². The van der Waals surface area contributed by atoms with Crippen LogP contribution in [0.15, 0.2) is 28.7 Å². The number of hydrogen-bond donors (Lipinski definition) is 0. The third-order valence-electron chi connectivity index (χ3n) is 2.36. The lowest BCUT2D eigenvalue weighted by Crippen LogP contribution is -2.05.